The SMILES string of the molecule is C=CC(=O)OC(O)C(O)(COC(=O)C(=C)C)OC(=O)C=C. The molecule has 0 amide bonds. The highest BCUT2D eigenvalue weighted by Gasteiger charge is 2.44. The number of aliphatic hydroxyl groups excluding tert-OH is 1. The third-order valence-electron chi connectivity index (χ3n) is 1.98. The Hall–Kier alpha value is -2.45. The lowest BCUT2D eigenvalue weighted by Crippen LogP contribution is -2.52. The van der Waals surface area contributed by atoms with E-state index in [0.29, 0.717) is 12.2 Å². The first-order valence-corrected chi connectivity index (χ1v) is 5.57. The molecule has 116 valence electrons. The van der Waals surface area contributed by atoms with Gasteiger partial charge >= 0.3 is 23.7 Å². The van der Waals surface area contributed by atoms with Gasteiger partial charge in [0, 0.05) is 17.7 Å². The molecule has 0 aliphatic heterocycles. The first kappa shape index (κ1) is 18.6. The first-order chi connectivity index (χ1) is 9.66. The predicted octanol–water partition coefficient (Wildman–Crippen LogP) is -0.429. The van der Waals surface area contributed by atoms with Crippen LogP contribution in [-0.2, 0) is 28.6 Å². The van der Waals surface area contributed by atoms with Crippen LogP contribution < -0.4 is 0 Å². The van der Waals surface area contributed by atoms with E-state index in [9.17, 15) is 24.6 Å². The Balaban J connectivity index is 5.06. The number of hydrogen-bond donors (Lipinski definition) is 2. The van der Waals surface area contributed by atoms with Crippen LogP contribution in [0.4, 0.5) is 0 Å². The van der Waals surface area contributed by atoms with E-state index < -0.39 is 36.6 Å². The molecule has 0 bridgehead atoms. The number of aliphatic hydroxyl groups is 2. The van der Waals surface area contributed by atoms with Gasteiger partial charge in [0.25, 0.3) is 6.29 Å². The number of ether oxygens (including phenoxy) is 3. The van der Waals surface area contributed by atoms with Crippen molar-refractivity contribution >= 4 is 17.9 Å². The lowest BCUT2D eigenvalue weighted by molar-refractivity contribution is -0.311. The minimum atomic E-state index is -2.81. The van der Waals surface area contributed by atoms with Crippen LogP contribution in [0, 0.1) is 0 Å². The molecule has 0 heterocycles. The highest BCUT2D eigenvalue weighted by molar-refractivity contribution is 5.87. The summed E-state index contributed by atoms with van der Waals surface area (Å²) in [6, 6.07) is 0. The second-order valence-electron chi connectivity index (χ2n) is 3.82. The van der Waals surface area contributed by atoms with Crippen molar-refractivity contribution in [2.45, 2.75) is 19.0 Å². The van der Waals surface area contributed by atoms with Crippen LogP contribution in [0.25, 0.3) is 0 Å². The molecule has 2 N–H and O–H groups in total. The monoisotopic (exact) mass is 300 g/mol. The van der Waals surface area contributed by atoms with Gasteiger partial charge in [0.05, 0.1) is 0 Å². The number of esters is 3. The molecule has 0 aromatic carbocycles. The first-order valence-electron chi connectivity index (χ1n) is 5.57. The minimum absolute atomic E-state index is 0.00460. The standard InChI is InChI=1S/C13H16O8/c1-5-9(14)20-12(17)13(18,21-10(15)6-2)7-19-11(16)8(3)4/h5-6,12,17-18H,1-3,7H2,4H3. The maximum atomic E-state index is 11.2. The summed E-state index contributed by atoms with van der Waals surface area (Å²) in [5.41, 5.74) is 0.00460. The van der Waals surface area contributed by atoms with E-state index >= 15 is 0 Å². The Kier molecular flexibility index (Phi) is 7.05. The van der Waals surface area contributed by atoms with E-state index in [1.54, 1.807) is 0 Å². The molecule has 0 aliphatic carbocycles. The van der Waals surface area contributed by atoms with Crippen LogP contribution in [0.5, 0.6) is 0 Å². The second-order valence-corrected chi connectivity index (χ2v) is 3.82. The Morgan fingerprint density at radius 2 is 1.76 bits per heavy atom. The number of rotatable bonds is 8. The molecule has 0 fully saturated rings. The smallest absolute Gasteiger partial charge is 0.333 e. The summed E-state index contributed by atoms with van der Waals surface area (Å²) in [5, 5.41) is 19.6. The van der Waals surface area contributed by atoms with Crippen molar-refractivity contribution in [2.24, 2.45) is 0 Å². The lowest BCUT2D eigenvalue weighted by atomic mass is 10.2. The zero-order valence-electron chi connectivity index (χ0n) is 11.4. The van der Waals surface area contributed by atoms with Gasteiger partial charge < -0.3 is 24.4 Å². The average Bonchev–Trinajstić information content (AvgIpc) is 2.43. The molecule has 0 aliphatic rings. The van der Waals surface area contributed by atoms with Crippen molar-refractivity contribution < 1.29 is 38.8 Å². The van der Waals surface area contributed by atoms with Crippen molar-refractivity contribution in [1.82, 2.24) is 0 Å². The number of carbonyl (C=O) groups is 3. The molecule has 0 aromatic heterocycles. The van der Waals surface area contributed by atoms with E-state index in [1.165, 1.54) is 6.92 Å². The fraction of sp³-hybridized carbons (Fsp3) is 0.308. The van der Waals surface area contributed by atoms with E-state index in [1.807, 2.05) is 0 Å². The van der Waals surface area contributed by atoms with Crippen LogP contribution in [0.2, 0.25) is 0 Å². The van der Waals surface area contributed by atoms with Crippen molar-refractivity contribution in [2.75, 3.05) is 6.61 Å². The van der Waals surface area contributed by atoms with Gasteiger partial charge in [-0.1, -0.05) is 19.7 Å². The third kappa shape index (κ3) is 6.02. The molecule has 0 radical (unpaired) electrons. The summed E-state index contributed by atoms with van der Waals surface area (Å²) in [5.74, 6) is -5.96. The molecule has 8 nitrogen and oxygen atoms in total. The van der Waals surface area contributed by atoms with Crippen LogP contribution in [0.1, 0.15) is 6.92 Å². The molecular weight excluding hydrogens is 284 g/mol. The molecule has 21 heavy (non-hydrogen) atoms. The lowest BCUT2D eigenvalue weighted by Gasteiger charge is -2.30. The van der Waals surface area contributed by atoms with Crippen LogP contribution >= 0.6 is 0 Å². The molecule has 8 heteroatoms. The van der Waals surface area contributed by atoms with E-state index in [2.05, 4.69) is 33.9 Å². The van der Waals surface area contributed by atoms with Crippen LogP contribution in [0.15, 0.2) is 37.5 Å². The molecular formula is C13H16O8. The molecule has 0 saturated carbocycles. The quantitative estimate of drug-likeness (QED) is 0.268. The van der Waals surface area contributed by atoms with Gasteiger partial charge in [-0.15, -0.1) is 0 Å². The Labute approximate surface area is 120 Å². The Bertz CT molecular complexity index is 467. The van der Waals surface area contributed by atoms with Gasteiger partial charge in [-0.05, 0) is 6.92 Å². The molecule has 0 saturated heterocycles. The average molecular weight is 300 g/mol. The zero-order chi connectivity index (χ0) is 16.6. The van der Waals surface area contributed by atoms with Gasteiger partial charge in [-0.3, -0.25) is 0 Å². The topological polar surface area (TPSA) is 119 Å². The summed E-state index contributed by atoms with van der Waals surface area (Å²) >= 11 is 0. The fourth-order valence-corrected chi connectivity index (χ4v) is 0.909. The summed E-state index contributed by atoms with van der Waals surface area (Å²) in [6.07, 6.45) is -0.920. The van der Waals surface area contributed by atoms with E-state index in [0.717, 1.165) is 0 Å². The highest BCUT2D eigenvalue weighted by atomic mass is 16.7. The summed E-state index contributed by atoms with van der Waals surface area (Å²) < 4.78 is 13.4. The van der Waals surface area contributed by atoms with Crippen molar-refractivity contribution in [3.8, 4) is 0 Å². The summed E-state index contributed by atoms with van der Waals surface area (Å²) in [7, 11) is 0. The second kappa shape index (κ2) is 7.98. The molecule has 2 atom stereocenters. The van der Waals surface area contributed by atoms with Crippen molar-refractivity contribution in [3.63, 3.8) is 0 Å². The normalized spacial score (nSPS) is 14.0. The summed E-state index contributed by atoms with van der Waals surface area (Å²) in [6.45, 7) is 9.81. The van der Waals surface area contributed by atoms with Crippen molar-refractivity contribution in [3.05, 3.63) is 37.5 Å². The van der Waals surface area contributed by atoms with Gasteiger partial charge in [0.2, 0.25) is 0 Å². The number of carbonyl (C=O) groups excluding carboxylic acids is 3. The van der Waals surface area contributed by atoms with Crippen molar-refractivity contribution in [1.29, 1.82) is 0 Å². The molecule has 0 spiro atoms. The molecule has 2 unspecified atom stereocenters. The number of hydrogen-bond acceptors (Lipinski definition) is 8. The largest absolute Gasteiger partial charge is 0.455 e. The van der Waals surface area contributed by atoms with Crippen LogP contribution in [-0.4, -0.2) is 46.8 Å². The van der Waals surface area contributed by atoms with Gasteiger partial charge in [-0.25, -0.2) is 14.4 Å². The molecule has 0 aromatic rings. The predicted molar refractivity (Wildman–Crippen MR) is 69.3 cm³/mol. The van der Waals surface area contributed by atoms with E-state index in [4.69, 9.17) is 0 Å². The maximum absolute atomic E-state index is 11.2. The maximum Gasteiger partial charge on any atom is 0.333 e. The van der Waals surface area contributed by atoms with Crippen LogP contribution in [0.3, 0.4) is 0 Å². The highest BCUT2D eigenvalue weighted by Crippen LogP contribution is 2.17. The van der Waals surface area contributed by atoms with Gasteiger partial charge in [-0.2, -0.15) is 0 Å². The van der Waals surface area contributed by atoms with E-state index in [-0.39, 0.29) is 5.57 Å². The zero-order valence-corrected chi connectivity index (χ0v) is 11.4. The summed E-state index contributed by atoms with van der Waals surface area (Å²) in [4.78, 5) is 33.4. The Morgan fingerprint density at radius 3 is 2.19 bits per heavy atom. The van der Waals surface area contributed by atoms with Gasteiger partial charge in [0.1, 0.15) is 0 Å². The fourth-order valence-electron chi connectivity index (χ4n) is 0.909. The van der Waals surface area contributed by atoms with Gasteiger partial charge in [0.15, 0.2) is 6.61 Å². The molecule has 0 rings (SSSR count). The minimum Gasteiger partial charge on any atom is -0.455 e. The third-order valence-corrected chi connectivity index (χ3v) is 1.98. The Morgan fingerprint density at radius 1 is 1.24 bits per heavy atom.